The van der Waals surface area contributed by atoms with Gasteiger partial charge in [-0.2, -0.15) is 15.1 Å². The smallest absolute Gasteiger partial charge is 0.254 e. The summed E-state index contributed by atoms with van der Waals surface area (Å²) >= 11 is 0. The highest BCUT2D eigenvalue weighted by molar-refractivity contribution is 5.93. The zero-order chi connectivity index (χ0) is 20.0. The minimum atomic E-state index is -1.31. The summed E-state index contributed by atoms with van der Waals surface area (Å²) in [6, 6.07) is 0. The average Bonchev–Trinajstić information content (AvgIpc) is 3.40. The number of ether oxygens (including phenoxy) is 1. The summed E-state index contributed by atoms with van der Waals surface area (Å²) in [4.78, 5) is 24.3. The molecule has 0 bridgehead atoms. The SMILES string of the molecule is CNC(=O)c1cnn(-c2nc(N)nc3c2ncn3[C@@H]2O[C@H](CO)[C@@H](O)[C@H]2O)c1. The second kappa shape index (κ2) is 6.79. The molecule has 1 aliphatic heterocycles. The summed E-state index contributed by atoms with van der Waals surface area (Å²) in [5.74, 6) is -0.183. The fourth-order valence-corrected chi connectivity index (χ4v) is 3.07. The molecule has 0 unspecified atom stereocenters. The van der Waals surface area contributed by atoms with E-state index in [2.05, 4.69) is 25.4 Å². The standard InChI is InChI=1S/C15H18N8O5/c1-17-13(27)6-2-19-23(3-6)12-8-11(20-15(16)21-12)22(5-18-8)14-10(26)9(25)7(4-24)28-14/h2-3,5,7,9-10,14,24-26H,4H2,1H3,(H,17,27)(H2,16,20,21)/t7-,9-,10-,14-/m1/s1. The molecule has 13 nitrogen and oxygen atoms in total. The molecule has 4 atom stereocenters. The number of nitrogens with zero attached hydrogens (tertiary/aromatic N) is 6. The van der Waals surface area contributed by atoms with E-state index in [-0.39, 0.29) is 23.3 Å². The number of carbonyl (C=O) groups excluding carboxylic acids is 1. The molecule has 1 saturated heterocycles. The third-order valence-corrected chi connectivity index (χ3v) is 4.50. The molecule has 4 rings (SSSR count). The first-order valence-corrected chi connectivity index (χ1v) is 8.34. The highest BCUT2D eigenvalue weighted by Gasteiger charge is 2.44. The molecule has 4 heterocycles. The Morgan fingerprint density at radius 2 is 2.14 bits per heavy atom. The topological polar surface area (TPSA) is 186 Å². The highest BCUT2D eigenvalue weighted by Crippen LogP contribution is 2.32. The van der Waals surface area contributed by atoms with Crippen molar-refractivity contribution in [1.82, 2.24) is 34.6 Å². The molecular formula is C15H18N8O5. The molecule has 1 amide bonds. The third kappa shape index (κ3) is 2.77. The largest absolute Gasteiger partial charge is 0.394 e. The Kier molecular flexibility index (Phi) is 4.43. The molecule has 0 saturated carbocycles. The molecule has 3 aromatic heterocycles. The number of aliphatic hydroxyl groups is 3. The van der Waals surface area contributed by atoms with Crippen molar-refractivity contribution < 1.29 is 24.9 Å². The first-order chi connectivity index (χ1) is 13.4. The number of anilines is 1. The maximum atomic E-state index is 11.8. The Balaban J connectivity index is 1.79. The zero-order valence-corrected chi connectivity index (χ0v) is 14.7. The van der Waals surface area contributed by atoms with E-state index in [0.29, 0.717) is 11.1 Å². The van der Waals surface area contributed by atoms with Gasteiger partial charge in [-0.15, -0.1) is 0 Å². The van der Waals surface area contributed by atoms with Crippen LogP contribution >= 0.6 is 0 Å². The lowest BCUT2D eigenvalue weighted by Gasteiger charge is -2.16. The Labute approximate surface area is 157 Å². The van der Waals surface area contributed by atoms with Crippen LogP contribution in [0.1, 0.15) is 16.6 Å². The number of aromatic nitrogens is 6. The Morgan fingerprint density at radius 1 is 1.36 bits per heavy atom. The number of fused-ring (bicyclic) bond motifs is 1. The zero-order valence-electron chi connectivity index (χ0n) is 14.7. The number of aliphatic hydroxyl groups excluding tert-OH is 3. The molecule has 0 aromatic carbocycles. The van der Waals surface area contributed by atoms with Gasteiger partial charge in [0.25, 0.3) is 5.91 Å². The summed E-state index contributed by atoms with van der Waals surface area (Å²) in [5, 5.41) is 36.1. The summed E-state index contributed by atoms with van der Waals surface area (Å²) in [6.07, 6.45) is -0.370. The van der Waals surface area contributed by atoms with Gasteiger partial charge in [-0.25, -0.2) is 9.67 Å². The van der Waals surface area contributed by atoms with E-state index in [1.807, 2.05) is 0 Å². The Morgan fingerprint density at radius 3 is 2.82 bits per heavy atom. The third-order valence-electron chi connectivity index (χ3n) is 4.50. The molecule has 0 aliphatic carbocycles. The minimum Gasteiger partial charge on any atom is -0.394 e. The van der Waals surface area contributed by atoms with Gasteiger partial charge in [-0.3, -0.25) is 9.36 Å². The van der Waals surface area contributed by atoms with Gasteiger partial charge < -0.3 is 31.1 Å². The number of imidazole rings is 1. The van der Waals surface area contributed by atoms with Crippen molar-refractivity contribution in [2.75, 3.05) is 19.4 Å². The van der Waals surface area contributed by atoms with E-state index >= 15 is 0 Å². The number of hydrogen-bond acceptors (Lipinski definition) is 10. The molecule has 28 heavy (non-hydrogen) atoms. The fourth-order valence-electron chi connectivity index (χ4n) is 3.07. The van der Waals surface area contributed by atoms with Crippen LogP contribution in [-0.2, 0) is 4.74 Å². The molecule has 0 spiro atoms. The van der Waals surface area contributed by atoms with E-state index in [1.165, 1.54) is 35.0 Å². The Hall–Kier alpha value is -3.13. The highest BCUT2D eigenvalue weighted by atomic mass is 16.6. The van der Waals surface area contributed by atoms with Crippen molar-refractivity contribution in [3.63, 3.8) is 0 Å². The summed E-state index contributed by atoms with van der Waals surface area (Å²) < 4.78 is 8.24. The van der Waals surface area contributed by atoms with Crippen LogP contribution in [0, 0.1) is 0 Å². The van der Waals surface area contributed by atoms with E-state index in [9.17, 15) is 20.1 Å². The second-order valence-corrected chi connectivity index (χ2v) is 6.21. The lowest BCUT2D eigenvalue weighted by Crippen LogP contribution is -2.33. The van der Waals surface area contributed by atoms with Gasteiger partial charge in [0.15, 0.2) is 23.2 Å². The van der Waals surface area contributed by atoms with Gasteiger partial charge in [0, 0.05) is 13.2 Å². The quantitative estimate of drug-likeness (QED) is 0.320. The van der Waals surface area contributed by atoms with Gasteiger partial charge in [0.2, 0.25) is 5.95 Å². The number of carbonyl (C=O) groups is 1. The van der Waals surface area contributed by atoms with Crippen LogP contribution in [0.25, 0.3) is 17.0 Å². The van der Waals surface area contributed by atoms with Crippen LogP contribution in [0.5, 0.6) is 0 Å². The number of hydrogen-bond donors (Lipinski definition) is 5. The molecule has 13 heteroatoms. The summed E-state index contributed by atoms with van der Waals surface area (Å²) in [5.41, 5.74) is 6.66. The van der Waals surface area contributed by atoms with Crippen LogP contribution < -0.4 is 11.1 Å². The monoisotopic (exact) mass is 390 g/mol. The maximum absolute atomic E-state index is 11.8. The molecule has 1 aliphatic rings. The van der Waals surface area contributed by atoms with Crippen molar-refractivity contribution in [2.45, 2.75) is 24.5 Å². The van der Waals surface area contributed by atoms with Crippen molar-refractivity contribution in [1.29, 1.82) is 0 Å². The molecule has 148 valence electrons. The van der Waals surface area contributed by atoms with Crippen molar-refractivity contribution >= 4 is 23.0 Å². The molecule has 6 N–H and O–H groups in total. The number of rotatable bonds is 4. The van der Waals surface area contributed by atoms with Gasteiger partial charge in [0.05, 0.1) is 24.7 Å². The molecule has 1 fully saturated rings. The van der Waals surface area contributed by atoms with Gasteiger partial charge in [-0.05, 0) is 0 Å². The van der Waals surface area contributed by atoms with Crippen molar-refractivity contribution in [2.24, 2.45) is 0 Å². The number of nitrogens with two attached hydrogens (primary N) is 1. The van der Waals surface area contributed by atoms with Gasteiger partial charge in [0.1, 0.15) is 18.3 Å². The molecule has 3 aromatic rings. The van der Waals surface area contributed by atoms with Crippen LogP contribution in [0.15, 0.2) is 18.7 Å². The predicted molar refractivity (Wildman–Crippen MR) is 93.3 cm³/mol. The molecule has 0 radical (unpaired) electrons. The summed E-state index contributed by atoms with van der Waals surface area (Å²) in [6.45, 7) is -0.459. The van der Waals surface area contributed by atoms with Crippen LogP contribution in [0.2, 0.25) is 0 Å². The maximum Gasteiger partial charge on any atom is 0.254 e. The number of nitrogen functional groups attached to an aromatic ring is 1. The average molecular weight is 390 g/mol. The fraction of sp³-hybridized carbons (Fsp3) is 0.400. The van der Waals surface area contributed by atoms with Crippen LogP contribution in [0.3, 0.4) is 0 Å². The lowest BCUT2D eigenvalue weighted by molar-refractivity contribution is -0.0511. The van der Waals surface area contributed by atoms with E-state index in [0.717, 1.165) is 0 Å². The minimum absolute atomic E-state index is 0.0898. The van der Waals surface area contributed by atoms with E-state index < -0.39 is 31.1 Å². The molecular weight excluding hydrogens is 372 g/mol. The predicted octanol–water partition coefficient (Wildman–Crippen LogP) is -2.43. The van der Waals surface area contributed by atoms with Crippen molar-refractivity contribution in [3.05, 3.63) is 24.3 Å². The van der Waals surface area contributed by atoms with Crippen LogP contribution in [0.4, 0.5) is 5.95 Å². The van der Waals surface area contributed by atoms with E-state index in [1.54, 1.807) is 0 Å². The van der Waals surface area contributed by atoms with Crippen molar-refractivity contribution in [3.8, 4) is 5.82 Å². The number of amides is 1. The first-order valence-electron chi connectivity index (χ1n) is 8.34. The number of nitrogens with one attached hydrogen (secondary N) is 1. The van der Waals surface area contributed by atoms with Crippen LogP contribution in [-0.4, -0.2) is 82.5 Å². The van der Waals surface area contributed by atoms with Gasteiger partial charge >= 0.3 is 0 Å². The normalized spacial score (nSPS) is 24.7. The van der Waals surface area contributed by atoms with E-state index in [4.69, 9.17) is 10.5 Å². The first kappa shape index (κ1) is 18.2. The Bertz CT molecular complexity index is 1030. The lowest BCUT2D eigenvalue weighted by atomic mass is 10.1. The summed E-state index contributed by atoms with van der Waals surface area (Å²) in [7, 11) is 1.50. The van der Waals surface area contributed by atoms with Gasteiger partial charge in [-0.1, -0.05) is 0 Å². The second-order valence-electron chi connectivity index (χ2n) is 6.21.